The van der Waals surface area contributed by atoms with Gasteiger partial charge < -0.3 is 10.1 Å². The van der Waals surface area contributed by atoms with Crippen LogP contribution in [-0.2, 0) is 0 Å². The molecule has 0 aliphatic carbocycles. The van der Waals surface area contributed by atoms with Gasteiger partial charge in [0.2, 0.25) is 0 Å². The molecule has 0 saturated heterocycles. The molecule has 3 nitrogen and oxygen atoms in total. The SMILES string of the molecule is COc1ccc(C#N)c(NC(C)c2ccc(C)cc2)c1. The number of nitrogens with one attached hydrogen (secondary N) is 1. The summed E-state index contributed by atoms with van der Waals surface area (Å²) >= 11 is 0. The molecule has 2 aromatic rings. The van der Waals surface area contributed by atoms with E-state index in [1.54, 1.807) is 19.2 Å². The Labute approximate surface area is 119 Å². The van der Waals surface area contributed by atoms with Gasteiger partial charge in [-0.3, -0.25) is 0 Å². The van der Waals surface area contributed by atoms with Crippen molar-refractivity contribution in [1.29, 1.82) is 5.26 Å². The summed E-state index contributed by atoms with van der Waals surface area (Å²) in [5.74, 6) is 0.739. The molecule has 1 N–H and O–H groups in total. The maximum Gasteiger partial charge on any atom is 0.121 e. The summed E-state index contributed by atoms with van der Waals surface area (Å²) in [6.07, 6.45) is 0. The number of hydrogen-bond acceptors (Lipinski definition) is 3. The first-order valence-corrected chi connectivity index (χ1v) is 6.55. The molecule has 20 heavy (non-hydrogen) atoms. The van der Waals surface area contributed by atoms with Crippen LogP contribution in [-0.4, -0.2) is 7.11 Å². The molecule has 1 atom stereocenters. The van der Waals surface area contributed by atoms with Crippen molar-refractivity contribution in [2.75, 3.05) is 12.4 Å². The molecule has 0 amide bonds. The van der Waals surface area contributed by atoms with Crippen molar-refractivity contribution in [1.82, 2.24) is 0 Å². The summed E-state index contributed by atoms with van der Waals surface area (Å²) in [5, 5.41) is 12.5. The second-order valence-corrected chi connectivity index (χ2v) is 4.80. The lowest BCUT2D eigenvalue weighted by molar-refractivity contribution is 0.415. The first-order chi connectivity index (χ1) is 9.63. The van der Waals surface area contributed by atoms with Gasteiger partial charge in [-0.2, -0.15) is 5.26 Å². The Balaban J connectivity index is 2.24. The predicted octanol–water partition coefficient (Wildman–Crippen LogP) is 4.05. The van der Waals surface area contributed by atoms with E-state index in [9.17, 15) is 5.26 Å². The fourth-order valence-corrected chi connectivity index (χ4v) is 2.04. The van der Waals surface area contributed by atoms with Crippen LogP contribution in [0.2, 0.25) is 0 Å². The number of anilines is 1. The van der Waals surface area contributed by atoms with E-state index in [0.717, 1.165) is 11.4 Å². The Morgan fingerprint density at radius 1 is 1.15 bits per heavy atom. The molecule has 0 radical (unpaired) electrons. The minimum absolute atomic E-state index is 0.120. The van der Waals surface area contributed by atoms with Crippen LogP contribution in [0.25, 0.3) is 0 Å². The van der Waals surface area contributed by atoms with Gasteiger partial charge in [0.1, 0.15) is 11.8 Å². The lowest BCUT2D eigenvalue weighted by Crippen LogP contribution is -2.08. The third kappa shape index (κ3) is 3.10. The molecule has 0 saturated carbocycles. The summed E-state index contributed by atoms with van der Waals surface area (Å²) in [6.45, 7) is 4.14. The van der Waals surface area contributed by atoms with Crippen molar-refractivity contribution in [2.24, 2.45) is 0 Å². The van der Waals surface area contributed by atoms with E-state index < -0.39 is 0 Å². The topological polar surface area (TPSA) is 45.0 Å². The zero-order valence-corrected chi connectivity index (χ0v) is 12.0. The molecule has 0 heterocycles. The molecule has 0 bridgehead atoms. The monoisotopic (exact) mass is 266 g/mol. The Hall–Kier alpha value is -2.47. The number of nitriles is 1. The highest BCUT2D eigenvalue weighted by Gasteiger charge is 2.09. The van der Waals surface area contributed by atoms with E-state index in [1.807, 2.05) is 6.07 Å². The summed E-state index contributed by atoms with van der Waals surface area (Å²) in [4.78, 5) is 0. The molecule has 1 unspecified atom stereocenters. The average molecular weight is 266 g/mol. The molecule has 102 valence electrons. The molecular formula is C17H18N2O. The third-order valence-corrected chi connectivity index (χ3v) is 3.30. The summed E-state index contributed by atoms with van der Waals surface area (Å²) in [6, 6.07) is 16.1. The predicted molar refractivity (Wildman–Crippen MR) is 80.9 cm³/mol. The molecule has 0 spiro atoms. The van der Waals surface area contributed by atoms with Gasteiger partial charge >= 0.3 is 0 Å². The number of methoxy groups -OCH3 is 1. The number of nitrogens with zero attached hydrogens (tertiary/aromatic N) is 1. The van der Waals surface area contributed by atoms with Crippen molar-refractivity contribution in [2.45, 2.75) is 19.9 Å². The van der Waals surface area contributed by atoms with E-state index in [1.165, 1.54) is 11.1 Å². The fourth-order valence-electron chi connectivity index (χ4n) is 2.04. The Kier molecular flexibility index (Phi) is 4.27. The third-order valence-electron chi connectivity index (χ3n) is 3.30. The smallest absolute Gasteiger partial charge is 0.121 e. The van der Waals surface area contributed by atoms with Gasteiger partial charge in [0.15, 0.2) is 0 Å². The molecular weight excluding hydrogens is 248 g/mol. The van der Waals surface area contributed by atoms with E-state index >= 15 is 0 Å². The van der Waals surface area contributed by atoms with Gasteiger partial charge in [-0.15, -0.1) is 0 Å². The maximum atomic E-state index is 9.17. The van der Waals surface area contributed by atoms with Gasteiger partial charge in [-0.25, -0.2) is 0 Å². The minimum Gasteiger partial charge on any atom is -0.497 e. The molecule has 0 aliphatic heterocycles. The summed E-state index contributed by atoms with van der Waals surface area (Å²) in [7, 11) is 1.62. The van der Waals surface area contributed by atoms with Crippen LogP contribution in [0.15, 0.2) is 42.5 Å². The van der Waals surface area contributed by atoms with Gasteiger partial charge in [0.25, 0.3) is 0 Å². The van der Waals surface area contributed by atoms with Crippen molar-refractivity contribution in [3.63, 3.8) is 0 Å². The quantitative estimate of drug-likeness (QED) is 0.908. The van der Waals surface area contributed by atoms with Crippen LogP contribution in [0.1, 0.15) is 29.7 Å². The van der Waals surface area contributed by atoms with Crippen LogP contribution in [0.5, 0.6) is 5.75 Å². The standard InChI is InChI=1S/C17H18N2O/c1-12-4-6-14(7-5-12)13(2)19-17-10-16(20-3)9-8-15(17)11-18/h4-10,13,19H,1-3H3. The van der Waals surface area contributed by atoms with Gasteiger partial charge in [-0.05, 0) is 31.5 Å². The molecule has 0 aromatic heterocycles. The average Bonchev–Trinajstić information content (AvgIpc) is 2.47. The summed E-state index contributed by atoms with van der Waals surface area (Å²) in [5.41, 5.74) is 3.83. The van der Waals surface area contributed by atoms with Crippen LogP contribution in [0.3, 0.4) is 0 Å². The van der Waals surface area contributed by atoms with Gasteiger partial charge in [-0.1, -0.05) is 29.8 Å². The highest BCUT2D eigenvalue weighted by molar-refractivity contribution is 5.61. The van der Waals surface area contributed by atoms with Gasteiger partial charge in [0.05, 0.1) is 18.4 Å². The lowest BCUT2D eigenvalue weighted by atomic mass is 10.1. The Bertz CT molecular complexity index is 626. The second kappa shape index (κ2) is 6.12. The van der Waals surface area contributed by atoms with Crippen LogP contribution in [0.4, 0.5) is 5.69 Å². The molecule has 0 aliphatic rings. The largest absolute Gasteiger partial charge is 0.497 e. The van der Waals surface area contributed by atoms with Gasteiger partial charge in [0, 0.05) is 12.1 Å². The Morgan fingerprint density at radius 2 is 1.85 bits per heavy atom. The zero-order chi connectivity index (χ0) is 14.5. The molecule has 3 heteroatoms. The number of benzene rings is 2. The zero-order valence-electron chi connectivity index (χ0n) is 12.0. The number of rotatable bonds is 4. The molecule has 0 fully saturated rings. The lowest BCUT2D eigenvalue weighted by Gasteiger charge is -2.17. The highest BCUT2D eigenvalue weighted by Crippen LogP contribution is 2.26. The second-order valence-electron chi connectivity index (χ2n) is 4.80. The maximum absolute atomic E-state index is 9.17. The Morgan fingerprint density at radius 3 is 2.45 bits per heavy atom. The van der Waals surface area contributed by atoms with Crippen LogP contribution in [0, 0.1) is 18.3 Å². The van der Waals surface area contributed by atoms with E-state index in [-0.39, 0.29) is 6.04 Å². The van der Waals surface area contributed by atoms with E-state index in [0.29, 0.717) is 5.56 Å². The van der Waals surface area contributed by atoms with Crippen molar-refractivity contribution < 1.29 is 4.74 Å². The highest BCUT2D eigenvalue weighted by atomic mass is 16.5. The van der Waals surface area contributed by atoms with E-state index in [4.69, 9.17) is 4.74 Å². The first kappa shape index (κ1) is 14.0. The fraction of sp³-hybridized carbons (Fsp3) is 0.235. The van der Waals surface area contributed by atoms with Crippen molar-refractivity contribution in [3.05, 3.63) is 59.2 Å². The molecule has 2 rings (SSSR count). The number of aryl methyl sites for hydroxylation is 1. The summed E-state index contributed by atoms with van der Waals surface area (Å²) < 4.78 is 5.21. The minimum atomic E-state index is 0.120. The number of ether oxygens (including phenoxy) is 1. The molecule has 2 aromatic carbocycles. The van der Waals surface area contributed by atoms with Crippen LogP contribution >= 0.6 is 0 Å². The van der Waals surface area contributed by atoms with Crippen molar-refractivity contribution >= 4 is 5.69 Å². The van der Waals surface area contributed by atoms with Crippen LogP contribution < -0.4 is 10.1 Å². The van der Waals surface area contributed by atoms with E-state index in [2.05, 4.69) is 49.5 Å². The normalized spacial score (nSPS) is 11.5. The van der Waals surface area contributed by atoms with Crippen molar-refractivity contribution in [3.8, 4) is 11.8 Å². The first-order valence-electron chi connectivity index (χ1n) is 6.55. The number of hydrogen-bond donors (Lipinski definition) is 1.